The third kappa shape index (κ3) is 2.16. The molecule has 7 nitrogen and oxygen atoms in total. The van der Waals surface area contributed by atoms with Crippen LogP contribution < -0.4 is 17.0 Å². The van der Waals surface area contributed by atoms with E-state index in [2.05, 4.69) is 15.2 Å². The Balaban J connectivity index is 2.46. The van der Waals surface area contributed by atoms with Gasteiger partial charge < -0.3 is 11.5 Å². The number of rotatable bonds is 2. The molecule has 5 N–H and O–H groups in total. The minimum Gasteiger partial charge on any atom is -0.384 e. The van der Waals surface area contributed by atoms with E-state index in [0.717, 1.165) is 0 Å². The second-order valence-corrected chi connectivity index (χ2v) is 5.12. The summed E-state index contributed by atoms with van der Waals surface area (Å²) in [6, 6.07) is 6.18. The second kappa shape index (κ2) is 4.87. The number of nitrogens with two attached hydrogens (primary N) is 2. The van der Waals surface area contributed by atoms with Crippen LogP contribution in [0.3, 0.4) is 0 Å². The predicted octanol–water partition coefficient (Wildman–Crippen LogP) is 1.36. The maximum atomic E-state index is 12.8. The number of hydrogen-bond acceptors (Lipinski definition) is 5. The highest BCUT2D eigenvalue weighted by Crippen LogP contribution is 2.21. The smallest absolute Gasteiger partial charge is 0.268 e. The zero-order valence-corrected chi connectivity index (χ0v) is 11.9. The maximum Gasteiger partial charge on any atom is 0.268 e. The van der Waals surface area contributed by atoms with Crippen molar-refractivity contribution < 1.29 is 0 Å². The third-order valence-electron chi connectivity index (χ3n) is 3.09. The highest BCUT2D eigenvalue weighted by molar-refractivity contribution is 6.35. The Hall–Kier alpha value is -2.38. The van der Waals surface area contributed by atoms with E-state index >= 15 is 0 Å². The summed E-state index contributed by atoms with van der Waals surface area (Å²) in [5.74, 6) is 1.06. The number of fused-ring (bicyclic) bond motifs is 1. The number of H-pyrrole nitrogens is 1. The van der Waals surface area contributed by atoms with E-state index in [1.54, 1.807) is 25.1 Å². The quantitative estimate of drug-likeness (QED) is 0.661. The van der Waals surface area contributed by atoms with Crippen molar-refractivity contribution >= 4 is 28.3 Å². The van der Waals surface area contributed by atoms with Gasteiger partial charge in [0.1, 0.15) is 11.6 Å². The second-order valence-electron chi connectivity index (χ2n) is 4.71. The molecule has 2 aromatic heterocycles. The third-order valence-corrected chi connectivity index (χ3v) is 3.41. The number of aromatic amines is 1. The predicted molar refractivity (Wildman–Crippen MR) is 81.5 cm³/mol. The summed E-state index contributed by atoms with van der Waals surface area (Å²) in [4.78, 5) is 17.2. The van der Waals surface area contributed by atoms with E-state index < -0.39 is 6.04 Å². The molecule has 0 bridgehead atoms. The highest BCUT2D eigenvalue weighted by atomic mass is 35.5. The molecule has 0 aliphatic rings. The molecule has 8 heteroatoms. The first kappa shape index (κ1) is 13.6. The van der Waals surface area contributed by atoms with Gasteiger partial charge in [-0.15, -0.1) is 0 Å². The number of nitrogens with zero attached hydrogens (tertiary/aromatic N) is 3. The van der Waals surface area contributed by atoms with Gasteiger partial charge in [0.15, 0.2) is 5.82 Å². The molecule has 3 rings (SSSR count). The number of benzene rings is 1. The zero-order valence-electron chi connectivity index (χ0n) is 11.2. The Kier molecular flexibility index (Phi) is 3.15. The molecule has 0 saturated carbocycles. The van der Waals surface area contributed by atoms with E-state index in [9.17, 15) is 4.79 Å². The molecule has 0 saturated heterocycles. The number of nitrogen functional groups attached to an aromatic ring is 1. The molecule has 0 aliphatic heterocycles. The summed E-state index contributed by atoms with van der Waals surface area (Å²) in [5, 5.41) is 7.25. The number of nitrogens with one attached hydrogen (secondary N) is 1. The van der Waals surface area contributed by atoms with E-state index in [1.807, 2.05) is 0 Å². The summed E-state index contributed by atoms with van der Waals surface area (Å²) in [7, 11) is 0. The van der Waals surface area contributed by atoms with Crippen molar-refractivity contribution in [2.45, 2.75) is 13.0 Å². The van der Waals surface area contributed by atoms with Crippen LogP contribution in [0.25, 0.3) is 16.7 Å². The van der Waals surface area contributed by atoms with E-state index in [0.29, 0.717) is 33.4 Å². The Labute approximate surface area is 124 Å². The van der Waals surface area contributed by atoms with Gasteiger partial charge in [0.25, 0.3) is 5.56 Å². The molecule has 3 aromatic rings. The molecule has 1 atom stereocenters. The van der Waals surface area contributed by atoms with Crippen molar-refractivity contribution in [3.63, 3.8) is 0 Å². The van der Waals surface area contributed by atoms with E-state index in [4.69, 9.17) is 23.1 Å². The van der Waals surface area contributed by atoms with Gasteiger partial charge in [0, 0.05) is 6.07 Å². The number of aromatic nitrogens is 4. The minimum absolute atomic E-state index is 0.324. The molecule has 108 valence electrons. The zero-order chi connectivity index (χ0) is 15.1. The van der Waals surface area contributed by atoms with Crippen LogP contribution in [0.1, 0.15) is 18.8 Å². The fraction of sp³-hybridized carbons (Fsp3) is 0.154. The van der Waals surface area contributed by atoms with Crippen LogP contribution in [0.15, 0.2) is 29.1 Å². The SMILES string of the molecule is CC(N)c1nc2cccc(Cl)c2c(=O)n1-c1cc(N)[nH]n1. The van der Waals surface area contributed by atoms with Gasteiger partial charge in [-0.1, -0.05) is 17.7 Å². The van der Waals surface area contributed by atoms with Crippen LogP contribution in [0.2, 0.25) is 5.02 Å². The van der Waals surface area contributed by atoms with Crippen molar-refractivity contribution in [1.29, 1.82) is 0 Å². The Morgan fingerprint density at radius 3 is 2.81 bits per heavy atom. The molecule has 1 unspecified atom stereocenters. The summed E-state index contributed by atoms with van der Waals surface area (Å²) in [5.41, 5.74) is 11.7. The molecule has 0 radical (unpaired) electrons. The molecule has 21 heavy (non-hydrogen) atoms. The Morgan fingerprint density at radius 1 is 1.43 bits per heavy atom. The van der Waals surface area contributed by atoms with Crippen LogP contribution in [0, 0.1) is 0 Å². The van der Waals surface area contributed by atoms with Gasteiger partial charge in [-0.05, 0) is 19.1 Å². The molecular formula is C13H13ClN6O. The number of halogens is 1. The molecule has 0 aliphatic carbocycles. The van der Waals surface area contributed by atoms with Gasteiger partial charge >= 0.3 is 0 Å². The summed E-state index contributed by atoms with van der Waals surface area (Å²) >= 11 is 6.12. The monoisotopic (exact) mass is 304 g/mol. The first-order chi connectivity index (χ1) is 9.99. The fourth-order valence-corrected chi connectivity index (χ4v) is 2.42. The van der Waals surface area contributed by atoms with Crippen LogP contribution in [0.5, 0.6) is 0 Å². The molecule has 0 spiro atoms. The maximum absolute atomic E-state index is 12.8. The standard InChI is InChI=1S/C13H13ClN6O/c1-6(15)12-17-8-4-2-3-7(14)11(8)13(21)20(12)10-5-9(16)18-19-10/h2-6H,15H2,1H3,(H3,16,18,19). The van der Waals surface area contributed by atoms with Crippen LogP contribution in [-0.4, -0.2) is 19.7 Å². The molecule has 2 heterocycles. The van der Waals surface area contributed by atoms with Crippen molar-refractivity contribution in [3.8, 4) is 5.82 Å². The minimum atomic E-state index is -0.459. The average molecular weight is 305 g/mol. The van der Waals surface area contributed by atoms with Gasteiger partial charge in [-0.25, -0.2) is 9.55 Å². The normalized spacial score (nSPS) is 12.7. The lowest BCUT2D eigenvalue weighted by atomic mass is 10.2. The number of hydrogen-bond donors (Lipinski definition) is 3. The lowest BCUT2D eigenvalue weighted by Gasteiger charge is -2.14. The molecule has 0 fully saturated rings. The lowest BCUT2D eigenvalue weighted by Crippen LogP contribution is -2.28. The highest BCUT2D eigenvalue weighted by Gasteiger charge is 2.18. The van der Waals surface area contributed by atoms with Crippen LogP contribution in [-0.2, 0) is 0 Å². The van der Waals surface area contributed by atoms with Gasteiger partial charge in [0.2, 0.25) is 0 Å². The molecular weight excluding hydrogens is 292 g/mol. The van der Waals surface area contributed by atoms with Gasteiger partial charge in [-0.3, -0.25) is 9.89 Å². The average Bonchev–Trinajstić information content (AvgIpc) is 2.84. The van der Waals surface area contributed by atoms with E-state index in [-0.39, 0.29) is 5.56 Å². The Morgan fingerprint density at radius 2 is 2.19 bits per heavy atom. The number of anilines is 1. The van der Waals surface area contributed by atoms with Crippen LogP contribution >= 0.6 is 11.6 Å². The Bertz CT molecular complexity index is 882. The first-order valence-corrected chi connectivity index (χ1v) is 6.65. The van der Waals surface area contributed by atoms with Crippen molar-refractivity contribution in [2.75, 3.05) is 5.73 Å². The molecule has 1 aromatic carbocycles. The van der Waals surface area contributed by atoms with Crippen LogP contribution in [0.4, 0.5) is 5.82 Å². The summed E-state index contributed by atoms with van der Waals surface area (Å²) in [6.07, 6.45) is 0. The summed E-state index contributed by atoms with van der Waals surface area (Å²) in [6.45, 7) is 1.74. The first-order valence-electron chi connectivity index (χ1n) is 6.27. The van der Waals surface area contributed by atoms with Gasteiger partial charge in [-0.2, -0.15) is 5.10 Å². The lowest BCUT2D eigenvalue weighted by molar-refractivity contribution is 0.688. The van der Waals surface area contributed by atoms with E-state index in [1.165, 1.54) is 10.6 Å². The van der Waals surface area contributed by atoms with Crippen molar-refractivity contribution in [3.05, 3.63) is 45.5 Å². The van der Waals surface area contributed by atoms with Crippen molar-refractivity contribution in [2.24, 2.45) is 5.73 Å². The van der Waals surface area contributed by atoms with Crippen molar-refractivity contribution in [1.82, 2.24) is 19.7 Å². The largest absolute Gasteiger partial charge is 0.384 e. The molecule has 0 amide bonds. The fourth-order valence-electron chi connectivity index (χ4n) is 2.17. The van der Waals surface area contributed by atoms with Gasteiger partial charge in [0.05, 0.1) is 22.0 Å². The topological polar surface area (TPSA) is 116 Å². The summed E-state index contributed by atoms with van der Waals surface area (Å²) < 4.78 is 1.33.